The Bertz CT molecular complexity index is 480. The molecule has 0 aliphatic heterocycles. The van der Waals surface area contributed by atoms with Gasteiger partial charge in [0.15, 0.2) is 5.96 Å². The molecule has 0 heterocycles. The number of guanidine groups is 1. The van der Waals surface area contributed by atoms with Gasteiger partial charge in [0.1, 0.15) is 5.75 Å². The number of nitrogens with one attached hydrogen (secondary N) is 3. The molecule has 1 rings (SSSR count). The van der Waals surface area contributed by atoms with Crippen LogP contribution in [0.5, 0.6) is 5.75 Å². The van der Waals surface area contributed by atoms with E-state index in [1.165, 1.54) is 0 Å². The van der Waals surface area contributed by atoms with E-state index in [0.717, 1.165) is 11.3 Å². The van der Waals surface area contributed by atoms with Gasteiger partial charge in [-0.3, -0.25) is 9.79 Å². The molecule has 1 amide bonds. The molecule has 0 saturated heterocycles. The molecule has 3 N–H and O–H groups in total. The Labute approximate surface area is 154 Å². The third-order valence-electron chi connectivity index (χ3n) is 2.89. The highest BCUT2D eigenvalue weighted by Gasteiger charge is 2.03. The molecule has 0 radical (unpaired) electrons. The summed E-state index contributed by atoms with van der Waals surface area (Å²) in [6.45, 7) is 1.83. The van der Waals surface area contributed by atoms with Gasteiger partial charge in [-0.1, -0.05) is 12.1 Å². The van der Waals surface area contributed by atoms with Crippen molar-refractivity contribution in [1.82, 2.24) is 16.0 Å². The number of amides is 1. The van der Waals surface area contributed by atoms with E-state index in [0.29, 0.717) is 25.7 Å². The van der Waals surface area contributed by atoms with Gasteiger partial charge >= 0.3 is 0 Å². The smallest absolute Gasteiger partial charge is 0.239 e. The average molecular weight is 436 g/mol. The van der Waals surface area contributed by atoms with Gasteiger partial charge in [-0.25, -0.2) is 0 Å². The van der Waals surface area contributed by atoms with Crippen LogP contribution in [0.4, 0.5) is 0 Å². The van der Waals surface area contributed by atoms with E-state index in [-0.39, 0.29) is 36.4 Å². The highest BCUT2D eigenvalue weighted by Crippen LogP contribution is 2.10. The SMILES string of the molecule is CN=C(NCCOC)NCC(=O)NCc1ccc(OC)cc1.I. The van der Waals surface area contributed by atoms with Crippen molar-refractivity contribution in [3.8, 4) is 5.75 Å². The Kier molecular flexibility index (Phi) is 12.1. The molecule has 0 bridgehead atoms. The summed E-state index contributed by atoms with van der Waals surface area (Å²) in [7, 11) is 4.90. The molecule has 7 nitrogen and oxygen atoms in total. The summed E-state index contributed by atoms with van der Waals surface area (Å²) in [4.78, 5) is 15.8. The molecule has 0 atom stereocenters. The second kappa shape index (κ2) is 12.9. The van der Waals surface area contributed by atoms with Crippen LogP contribution >= 0.6 is 24.0 Å². The number of halogens is 1. The third-order valence-corrected chi connectivity index (χ3v) is 2.89. The summed E-state index contributed by atoms with van der Waals surface area (Å²) in [6.07, 6.45) is 0. The van der Waals surface area contributed by atoms with Crippen LogP contribution in [0.1, 0.15) is 5.56 Å². The van der Waals surface area contributed by atoms with E-state index in [4.69, 9.17) is 9.47 Å². The molecule has 0 fully saturated rings. The fourth-order valence-corrected chi connectivity index (χ4v) is 1.66. The van der Waals surface area contributed by atoms with Crippen LogP contribution in [0.2, 0.25) is 0 Å². The molecule has 23 heavy (non-hydrogen) atoms. The zero-order chi connectivity index (χ0) is 16.2. The van der Waals surface area contributed by atoms with E-state index in [1.54, 1.807) is 21.3 Å². The maximum Gasteiger partial charge on any atom is 0.239 e. The lowest BCUT2D eigenvalue weighted by Crippen LogP contribution is -2.43. The quantitative estimate of drug-likeness (QED) is 0.242. The van der Waals surface area contributed by atoms with Gasteiger partial charge in [-0.05, 0) is 17.7 Å². The van der Waals surface area contributed by atoms with Crippen LogP contribution in [0, 0.1) is 0 Å². The largest absolute Gasteiger partial charge is 0.497 e. The van der Waals surface area contributed by atoms with Crippen molar-refractivity contribution in [3.63, 3.8) is 0 Å². The highest BCUT2D eigenvalue weighted by molar-refractivity contribution is 14.0. The first-order valence-corrected chi connectivity index (χ1v) is 7.02. The summed E-state index contributed by atoms with van der Waals surface area (Å²) >= 11 is 0. The van der Waals surface area contributed by atoms with Gasteiger partial charge < -0.3 is 25.4 Å². The maximum atomic E-state index is 11.8. The topological polar surface area (TPSA) is 84.0 Å². The van der Waals surface area contributed by atoms with Crippen molar-refractivity contribution in [2.75, 3.05) is 41.0 Å². The minimum Gasteiger partial charge on any atom is -0.497 e. The van der Waals surface area contributed by atoms with E-state index in [1.807, 2.05) is 24.3 Å². The Hall–Kier alpha value is -1.55. The fraction of sp³-hybridized carbons (Fsp3) is 0.467. The summed E-state index contributed by atoms with van der Waals surface area (Å²) in [6, 6.07) is 7.55. The molecular formula is C15H25IN4O3. The van der Waals surface area contributed by atoms with Crippen LogP contribution in [-0.2, 0) is 16.1 Å². The van der Waals surface area contributed by atoms with Gasteiger partial charge in [0.25, 0.3) is 0 Å². The standard InChI is InChI=1S/C15H24N4O3.HI/c1-16-15(17-8-9-21-2)19-11-14(20)18-10-12-4-6-13(22-3)7-5-12;/h4-7H,8-11H2,1-3H3,(H,18,20)(H2,16,17,19);1H. The van der Waals surface area contributed by atoms with Crippen LogP contribution in [0.3, 0.4) is 0 Å². The van der Waals surface area contributed by atoms with Gasteiger partial charge in [-0.15, -0.1) is 24.0 Å². The van der Waals surface area contributed by atoms with Crippen LogP contribution in [-0.4, -0.2) is 52.8 Å². The number of hydrogen-bond acceptors (Lipinski definition) is 4. The van der Waals surface area contributed by atoms with Gasteiger partial charge in [0, 0.05) is 27.2 Å². The van der Waals surface area contributed by atoms with Crippen molar-refractivity contribution in [2.45, 2.75) is 6.54 Å². The van der Waals surface area contributed by atoms with Crippen LogP contribution in [0.25, 0.3) is 0 Å². The molecule has 0 aromatic heterocycles. The molecule has 0 unspecified atom stereocenters. The second-order valence-corrected chi connectivity index (χ2v) is 4.47. The average Bonchev–Trinajstić information content (AvgIpc) is 2.56. The Balaban J connectivity index is 0.00000484. The number of rotatable bonds is 8. The van der Waals surface area contributed by atoms with Gasteiger partial charge in [0.05, 0.1) is 20.3 Å². The first-order chi connectivity index (χ1) is 10.7. The zero-order valence-corrected chi connectivity index (χ0v) is 16.0. The molecular weight excluding hydrogens is 411 g/mol. The minimum absolute atomic E-state index is 0. The van der Waals surface area contributed by atoms with E-state index >= 15 is 0 Å². The lowest BCUT2D eigenvalue weighted by atomic mass is 10.2. The number of carbonyl (C=O) groups excluding carboxylic acids is 1. The lowest BCUT2D eigenvalue weighted by molar-refractivity contribution is -0.120. The molecule has 0 aliphatic carbocycles. The molecule has 130 valence electrons. The predicted octanol–water partition coefficient (Wildman–Crippen LogP) is 0.741. The van der Waals surface area contributed by atoms with Crippen molar-refractivity contribution in [2.24, 2.45) is 4.99 Å². The van der Waals surface area contributed by atoms with Crippen molar-refractivity contribution < 1.29 is 14.3 Å². The first-order valence-electron chi connectivity index (χ1n) is 7.02. The molecule has 8 heteroatoms. The Morgan fingerprint density at radius 2 is 1.83 bits per heavy atom. The van der Waals surface area contributed by atoms with E-state index < -0.39 is 0 Å². The number of methoxy groups -OCH3 is 2. The summed E-state index contributed by atoms with van der Waals surface area (Å²) in [5, 5.41) is 8.80. The minimum atomic E-state index is -0.106. The van der Waals surface area contributed by atoms with Crippen LogP contribution in [0.15, 0.2) is 29.3 Å². The van der Waals surface area contributed by atoms with Gasteiger partial charge in [-0.2, -0.15) is 0 Å². The van der Waals surface area contributed by atoms with E-state index in [2.05, 4.69) is 20.9 Å². The third kappa shape index (κ3) is 9.24. The second-order valence-electron chi connectivity index (χ2n) is 4.47. The summed E-state index contributed by atoms with van der Waals surface area (Å²) < 4.78 is 10.0. The van der Waals surface area contributed by atoms with Crippen molar-refractivity contribution >= 4 is 35.8 Å². The number of carbonyl (C=O) groups is 1. The van der Waals surface area contributed by atoms with E-state index in [9.17, 15) is 4.79 Å². The normalized spacial score (nSPS) is 10.5. The van der Waals surface area contributed by atoms with Crippen molar-refractivity contribution in [3.05, 3.63) is 29.8 Å². The lowest BCUT2D eigenvalue weighted by Gasteiger charge is -2.11. The van der Waals surface area contributed by atoms with Gasteiger partial charge in [0.2, 0.25) is 5.91 Å². The summed E-state index contributed by atoms with van der Waals surface area (Å²) in [5.74, 6) is 1.25. The molecule has 0 aliphatic rings. The Morgan fingerprint density at radius 1 is 1.13 bits per heavy atom. The molecule has 1 aromatic carbocycles. The number of aliphatic imine (C=N–C) groups is 1. The predicted molar refractivity (Wildman–Crippen MR) is 101 cm³/mol. The molecule has 0 spiro atoms. The maximum absolute atomic E-state index is 11.8. The first kappa shape index (κ1) is 21.4. The molecule has 0 saturated carbocycles. The monoisotopic (exact) mass is 436 g/mol. The van der Waals surface area contributed by atoms with Crippen molar-refractivity contribution in [1.29, 1.82) is 0 Å². The highest BCUT2D eigenvalue weighted by atomic mass is 127. The zero-order valence-electron chi connectivity index (χ0n) is 13.7. The number of nitrogens with zero attached hydrogens (tertiary/aromatic N) is 1. The summed E-state index contributed by atoms with van der Waals surface area (Å²) in [5.41, 5.74) is 1.01. The fourth-order valence-electron chi connectivity index (χ4n) is 1.66. The Morgan fingerprint density at radius 3 is 2.39 bits per heavy atom. The molecule has 1 aromatic rings. The number of benzene rings is 1. The number of hydrogen-bond donors (Lipinski definition) is 3. The van der Waals surface area contributed by atoms with Crippen LogP contribution < -0.4 is 20.7 Å². The number of ether oxygens (including phenoxy) is 2.